The van der Waals surface area contributed by atoms with Gasteiger partial charge in [0.05, 0.1) is 22.7 Å². The van der Waals surface area contributed by atoms with E-state index >= 15 is 0 Å². The SMILES string of the molecule is O=C(O)CC1(NC(=O)CSc2ccccc2Cl)CCOCC1. The maximum atomic E-state index is 12.2. The molecule has 0 saturated carbocycles. The van der Waals surface area contributed by atoms with Crippen molar-refractivity contribution < 1.29 is 19.4 Å². The van der Waals surface area contributed by atoms with Crippen LogP contribution in [0, 0.1) is 0 Å². The molecule has 0 atom stereocenters. The molecule has 2 N–H and O–H groups in total. The molecule has 0 spiro atoms. The lowest BCUT2D eigenvalue weighted by atomic mass is 9.86. The van der Waals surface area contributed by atoms with Crippen molar-refractivity contribution in [2.75, 3.05) is 19.0 Å². The highest BCUT2D eigenvalue weighted by molar-refractivity contribution is 8.00. The second-order valence-electron chi connectivity index (χ2n) is 5.23. The number of hydrogen-bond donors (Lipinski definition) is 2. The summed E-state index contributed by atoms with van der Waals surface area (Å²) in [5.74, 6) is -0.902. The van der Waals surface area contributed by atoms with Crippen LogP contribution in [0.25, 0.3) is 0 Å². The molecule has 1 amide bonds. The van der Waals surface area contributed by atoms with Crippen molar-refractivity contribution >= 4 is 35.2 Å². The number of rotatable bonds is 6. The van der Waals surface area contributed by atoms with Crippen LogP contribution in [-0.4, -0.2) is 41.5 Å². The summed E-state index contributed by atoms with van der Waals surface area (Å²) < 4.78 is 5.27. The molecule has 1 aromatic carbocycles. The number of carbonyl (C=O) groups is 2. The van der Waals surface area contributed by atoms with E-state index in [1.165, 1.54) is 11.8 Å². The average molecular weight is 344 g/mol. The van der Waals surface area contributed by atoms with E-state index in [9.17, 15) is 9.59 Å². The zero-order valence-corrected chi connectivity index (χ0v) is 13.6. The Balaban J connectivity index is 1.93. The highest BCUT2D eigenvalue weighted by atomic mass is 35.5. The normalized spacial score (nSPS) is 17.0. The fourth-order valence-corrected chi connectivity index (χ4v) is 3.47. The number of halogens is 1. The summed E-state index contributed by atoms with van der Waals surface area (Å²) in [6.07, 6.45) is 0.947. The van der Waals surface area contributed by atoms with Gasteiger partial charge in [-0.2, -0.15) is 0 Å². The van der Waals surface area contributed by atoms with E-state index in [0.717, 1.165) is 4.90 Å². The summed E-state index contributed by atoms with van der Waals surface area (Å²) in [6, 6.07) is 7.31. The number of amides is 1. The molecule has 0 aromatic heterocycles. The number of thioether (sulfide) groups is 1. The summed E-state index contributed by atoms with van der Waals surface area (Å²) in [6.45, 7) is 0.927. The molecule has 1 fully saturated rings. The van der Waals surface area contributed by atoms with E-state index in [0.29, 0.717) is 31.1 Å². The number of nitrogens with one attached hydrogen (secondary N) is 1. The Morgan fingerprint density at radius 1 is 1.32 bits per heavy atom. The van der Waals surface area contributed by atoms with E-state index in [1.54, 1.807) is 6.07 Å². The minimum atomic E-state index is -0.916. The van der Waals surface area contributed by atoms with Crippen molar-refractivity contribution in [2.24, 2.45) is 0 Å². The van der Waals surface area contributed by atoms with Gasteiger partial charge in [0.2, 0.25) is 5.91 Å². The van der Waals surface area contributed by atoms with E-state index < -0.39 is 11.5 Å². The first kappa shape index (κ1) is 17.1. The Bertz CT molecular complexity index is 546. The summed E-state index contributed by atoms with van der Waals surface area (Å²) in [5, 5.41) is 12.6. The smallest absolute Gasteiger partial charge is 0.305 e. The van der Waals surface area contributed by atoms with Gasteiger partial charge >= 0.3 is 5.97 Å². The van der Waals surface area contributed by atoms with Gasteiger partial charge in [-0.15, -0.1) is 11.8 Å². The van der Waals surface area contributed by atoms with Crippen molar-refractivity contribution in [2.45, 2.75) is 29.7 Å². The lowest BCUT2D eigenvalue weighted by Crippen LogP contribution is -2.53. The quantitative estimate of drug-likeness (QED) is 0.776. The highest BCUT2D eigenvalue weighted by Gasteiger charge is 2.36. The zero-order chi connectivity index (χ0) is 16.0. The molecule has 7 heteroatoms. The molecule has 1 heterocycles. The molecule has 2 rings (SSSR count). The third kappa shape index (κ3) is 4.90. The molecule has 0 aliphatic carbocycles. The van der Waals surface area contributed by atoms with Gasteiger partial charge in [0, 0.05) is 18.1 Å². The standard InChI is InChI=1S/C15H18ClNO4S/c16-11-3-1-2-4-12(11)22-10-13(18)17-15(9-14(19)20)5-7-21-8-6-15/h1-4H,5-10H2,(H,17,18)(H,19,20). The van der Waals surface area contributed by atoms with Crippen LogP contribution in [0.4, 0.5) is 0 Å². The molecule has 0 radical (unpaired) electrons. The number of benzene rings is 1. The fraction of sp³-hybridized carbons (Fsp3) is 0.467. The monoisotopic (exact) mass is 343 g/mol. The summed E-state index contributed by atoms with van der Waals surface area (Å²) in [4.78, 5) is 24.1. The Morgan fingerprint density at radius 2 is 2.00 bits per heavy atom. The Labute approximate surface area is 138 Å². The van der Waals surface area contributed by atoms with Crippen LogP contribution < -0.4 is 5.32 Å². The third-order valence-corrected chi connectivity index (χ3v) is 5.05. The lowest BCUT2D eigenvalue weighted by Gasteiger charge is -2.36. The predicted octanol–water partition coefficient (Wildman–Crippen LogP) is 2.57. The van der Waals surface area contributed by atoms with Crippen LogP contribution >= 0.6 is 23.4 Å². The van der Waals surface area contributed by atoms with Crippen LogP contribution in [0.2, 0.25) is 5.02 Å². The molecule has 5 nitrogen and oxygen atoms in total. The highest BCUT2D eigenvalue weighted by Crippen LogP contribution is 2.28. The average Bonchev–Trinajstić information content (AvgIpc) is 2.46. The molecular weight excluding hydrogens is 326 g/mol. The van der Waals surface area contributed by atoms with Crippen molar-refractivity contribution in [1.82, 2.24) is 5.32 Å². The van der Waals surface area contributed by atoms with Crippen molar-refractivity contribution in [1.29, 1.82) is 0 Å². The topological polar surface area (TPSA) is 75.6 Å². The first-order valence-electron chi connectivity index (χ1n) is 6.99. The van der Waals surface area contributed by atoms with E-state index in [4.69, 9.17) is 21.4 Å². The molecular formula is C15H18ClNO4S. The van der Waals surface area contributed by atoms with Crippen LogP contribution in [0.5, 0.6) is 0 Å². The Kier molecular flexibility index (Phi) is 6.11. The van der Waals surface area contributed by atoms with Crippen molar-refractivity contribution in [3.8, 4) is 0 Å². The molecule has 1 aliphatic heterocycles. The van der Waals surface area contributed by atoms with Gasteiger partial charge in [-0.25, -0.2) is 0 Å². The van der Waals surface area contributed by atoms with E-state index in [-0.39, 0.29) is 18.1 Å². The number of carboxylic acid groups (broad SMARTS) is 1. The second-order valence-corrected chi connectivity index (χ2v) is 6.65. The number of carbonyl (C=O) groups excluding carboxylic acids is 1. The van der Waals surface area contributed by atoms with Gasteiger partial charge in [-0.3, -0.25) is 9.59 Å². The minimum Gasteiger partial charge on any atom is -0.481 e. The first-order chi connectivity index (χ1) is 10.5. The van der Waals surface area contributed by atoms with Gasteiger partial charge in [0.1, 0.15) is 0 Å². The number of ether oxygens (including phenoxy) is 1. The Hall–Kier alpha value is -1.24. The fourth-order valence-electron chi connectivity index (χ4n) is 2.43. The van der Waals surface area contributed by atoms with Crippen LogP contribution in [-0.2, 0) is 14.3 Å². The maximum absolute atomic E-state index is 12.2. The molecule has 120 valence electrons. The van der Waals surface area contributed by atoms with Gasteiger partial charge in [-0.1, -0.05) is 23.7 Å². The van der Waals surface area contributed by atoms with Gasteiger partial charge in [0.25, 0.3) is 0 Å². The third-order valence-electron chi connectivity index (χ3n) is 3.54. The van der Waals surface area contributed by atoms with Crippen LogP contribution in [0.15, 0.2) is 29.2 Å². The van der Waals surface area contributed by atoms with Gasteiger partial charge in [0.15, 0.2) is 0 Å². The van der Waals surface area contributed by atoms with Crippen LogP contribution in [0.1, 0.15) is 19.3 Å². The van der Waals surface area contributed by atoms with E-state index in [1.807, 2.05) is 18.2 Å². The Morgan fingerprint density at radius 3 is 2.64 bits per heavy atom. The molecule has 1 aliphatic rings. The molecule has 1 saturated heterocycles. The first-order valence-corrected chi connectivity index (χ1v) is 8.35. The molecule has 22 heavy (non-hydrogen) atoms. The maximum Gasteiger partial charge on any atom is 0.305 e. The summed E-state index contributed by atoms with van der Waals surface area (Å²) in [7, 11) is 0. The number of hydrogen-bond acceptors (Lipinski definition) is 4. The lowest BCUT2D eigenvalue weighted by molar-refractivity contribution is -0.140. The number of aliphatic carboxylic acids is 1. The minimum absolute atomic E-state index is 0.0845. The summed E-state index contributed by atoms with van der Waals surface area (Å²) >= 11 is 7.39. The molecule has 0 bridgehead atoms. The summed E-state index contributed by atoms with van der Waals surface area (Å²) in [5.41, 5.74) is -0.706. The molecule has 1 aromatic rings. The predicted molar refractivity (Wildman–Crippen MR) is 85.4 cm³/mol. The second kappa shape index (κ2) is 7.85. The number of carboxylic acids is 1. The van der Waals surface area contributed by atoms with Gasteiger partial charge in [-0.05, 0) is 25.0 Å². The van der Waals surface area contributed by atoms with Crippen LogP contribution in [0.3, 0.4) is 0 Å². The molecule has 0 unspecified atom stereocenters. The van der Waals surface area contributed by atoms with Crippen molar-refractivity contribution in [3.05, 3.63) is 29.3 Å². The van der Waals surface area contributed by atoms with Crippen molar-refractivity contribution in [3.63, 3.8) is 0 Å². The van der Waals surface area contributed by atoms with Gasteiger partial charge < -0.3 is 15.2 Å². The zero-order valence-electron chi connectivity index (χ0n) is 12.0. The van der Waals surface area contributed by atoms with E-state index in [2.05, 4.69) is 5.32 Å². The largest absolute Gasteiger partial charge is 0.481 e.